The van der Waals surface area contributed by atoms with E-state index in [1.165, 1.54) is 0 Å². The molecule has 0 spiro atoms. The number of halogens is 1. The summed E-state index contributed by atoms with van der Waals surface area (Å²) in [5.74, 6) is 2.27. The van der Waals surface area contributed by atoms with Gasteiger partial charge in [-0.25, -0.2) is 0 Å². The first-order chi connectivity index (χ1) is 13.6. The molecule has 8 nitrogen and oxygen atoms in total. The molecule has 4 heterocycles. The number of fused-ring (bicyclic) bond motifs is 2. The van der Waals surface area contributed by atoms with Gasteiger partial charge in [-0.2, -0.15) is 9.78 Å². The molecule has 2 aromatic heterocycles. The highest BCUT2D eigenvalue weighted by atomic mass is 35.5. The van der Waals surface area contributed by atoms with Crippen LogP contribution in [0.25, 0.3) is 5.82 Å². The van der Waals surface area contributed by atoms with E-state index < -0.39 is 0 Å². The molecule has 5 rings (SSSR count). The molecule has 0 saturated heterocycles. The summed E-state index contributed by atoms with van der Waals surface area (Å²) in [6.07, 6.45) is 0.325. The number of aromatic nitrogens is 4. The Labute approximate surface area is 165 Å². The van der Waals surface area contributed by atoms with E-state index in [2.05, 4.69) is 20.6 Å². The summed E-state index contributed by atoms with van der Waals surface area (Å²) in [6, 6.07) is 9.15. The fourth-order valence-corrected chi connectivity index (χ4v) is 3.80. The summed E-state index contributed by atoms with van der Waals surface area (Å²) in [7, 11) is 0. The number of carbonyl (C=O) groups excluding carboxylic acids is 1. The van der Waals surface area contributed by atoms with Gasteiger partial charge < -0.3 is 14.8 Å². The van der Waals surface area contributed by atoms with E-state index in [4.69, 9.17) is 21.1 Å². The number of carbonyl (C=O) groups is 1. The number of nitrogens with zero attached hydrogens (tertiary/aromatic N) is 4. The van der Waals surface area contributed by atoms with Gasteiger partial charge in [0.1, 0.15) is 19.0 Å². The lowest BCUT2D eigenvalue weighted by Crippen LogP contribution is -2.25. The van der Waals surface area contributed by atoms with E-state index in [0.717, 1.165) is 22.6 Å². The number of rotatable bonds is 2. The molecule has 1 N–H and O–H groups in total. The molecule has 9 heteroatoms. The number of aryl methyl sites for hydroxylation is 1. The van der Waals surface area contributed by atoms with Crippen molar-refractivity contribution in [2.45, 2.75) is 19.3 Å². The Balaban J connectivity index is 1.62. The summed E-state index contributed by atoms with van der Waals surface area (Å²) in [5.41, 5.74) is 2.74. The van der Waals surface area contributed by atoms with Gasteiger partial charge in [0.2, 0.25) is 5.91 Å². The average molecular weight is 398 g/mol. The molecule has 1 amide bonds. The molecule has 0 fully saturated rings. The third kappa shape index (κ3) is 2.77. The van der Waals surface area contributed by atoms with Crippen LogP contribution in [0, 0.1) is 6.92 Å². The van der Waals surface area contributed by atoms with Gasteiger partial charge in [0.15, 0.2) is 22.5 Å². The van der Waals surface area contributed by atoms with Crippen molar-refractivity contribution in [3.63, 3.8) is 0 Å². The zero-order chi connectivity index (χ0) is 19.3. The predicted octanol–water partition coefficient (Wildman–Crippen LogP) is 2.87. The zero-order valence-electron chi connectivity index (χ0n) is 15.0. The largest absolute Gasteiger partial charge is 0.486 e. The van der Waals surface area contributed by atoms with E-state index in [-0.39, 0.29) is 11.8 Å². The zero-order valence-corrected chi connectivity index (χ0v) is 15.7. The topological polar surface area (TPSA) is 91.2 Å². The minimum atomic E-state index is -0.145. The third-order valence-electron chi connectivity index (χ3n) is 4.91. The molecule has 1 aromatic carbocycles. The second-order valence-electron chi connectivity index (χ2n) is 6.68. The van der Waals surface area contributed by atoms with Crippen molar-refractivity contribution in [1.29, 1.82) is 0 Å². The van der Waals surface area contributed by atoms with Crippen LogP contribution in [0.5, 0.6) is 11.5 Å². The van der Waals surface area contributed by atoms with Crippen LogP contribution >= 0.6 is 11.6 Å². The first-order valence-electron chi connectivity index (χ1n) is 8.88. The smallest absolute Gasteiger partial charge is 0.226 e. The maximum absolute atomic E-state index is 12.5. The van der Waals surface area contributed by atoms with Gasteiger partial charge in [-0.1, -0.05) is 17.7 Å². The van der Waals surface area contributed by atoms with Gasteiger partial charge in [0.05, 0.1) is 5.69 Å². The van der Waals surface area contributed by atoms with Crippen molar-refractivity contribution in [3.8, 4) is 17.3 Å². The van der Waals surface area contributed by atoms with E-state index in [9.17, 15) is 4.79 Å². The van der Waals surface area contributed by atoms with Crippen LogP contribution in [0.2, 0.25) is 5.15 Å². The normalized spacial score (nSPS) is 17.8. The summed E-state index contributed by atoms with van der Waals surface area (Å²) in [4.78, 5) is 12.5. The summed E-state index contributed by atoms with van der Waals surface area (Å²) in [6.45, 7) is 2.97. The average Bonchev–Trinajstić information content (AvgIpc) is 3.04. The molecule has 0 bridgehead atoms. The van der Waals surface area contributed by atoms with Crippen LogP contribution in [0.15, 0.2) is 30.3 Å². The Bertz CT molecular complexity index is 1080. The van der Waals surface area contributed by atoms with E-state index in [1.807, 2.05) is 25.1 Å². The van der Waals surface area contributed by atoms with Gasteiger partial charge in [-0.05, 0) is 36.8 Å². The van der Waals surface area contributed by atoms with Crippen LogP contribution < -0.4 is 14.8 Å². The van der Waals surface area contributed by atoms with Crippen LogP contribution in [0.4, 0.5) is 5.82 Å². The molecule has 0 saturated carbocycles. The number of anilines is 1. The standard InChI is InChI=1S/C19H16ClN5O3/c1-10-18-12(11-2-3-13-14(8-11)28-7-6-27-13)9-17(26)21-19(18)25(24-10)16-5-4-15(20)22-23-16/h2-5,8,12H,6-7,9H2,1H3,(H,21,26)/t12-/m0/s1. The lowest BCUT2D eigenvalue weighted by atomic mass is 9.85. The molecule has 0 aliphatic carbocycles. The van der Waals surface area contributed by atoms with Gasteiger partial charge in [-0.15, -0.1) is 10.2 Å². The molecule has 2 aliphatic rings. The monoisotopic (exact) mass is 397 g/mol. The van der Waals surface area contributed by atoms with Gasteiger partial charge >= 0.3 is 0 Å². The number of hydrogen-bond acceptors (Lipinski definition) is 6. The summed E-state index contributed by atoms with van der Waals surface area (Å²) >= 11 is 5.84. The third-order valence-corrected chi connectivity index (χ3v) is 5.11. The Morgan fingerprint density at radius 3 is 2.75 bits per heavy atom. The second kappa shape index (κ2) is 6.49. The van der Waals surface area contributed by atoms with Crippen molar-refractivity contribution >= 4 is 23.3 Å². The van der Waals surface area contributed by atoms with Crippen molar-refractivity contribution < 1.29 is 14.3 Å². The highest BCUT2D eigenvalue weighted by Gasteiger charge is 2.33. The fraction of sp³-hybridized carbons (Fsp3) is 0.263. The summed E-state index contributed by atoms with van der Waals surface area (Å²) in [5, 5.41) is 15.8. The molecule has 28 heavy (non-hydrogen) atoms. The maximum Gasteiger partial charge on any atom is 0.226 e. The Morgan fingerprint density at radius 2 is 1.96 bits per heavy atom. The quantitative estimate of drug-likeness (QED) is 0.715. The summed E-state index contributed by atoms with van der Waals surface area (Å²) < 4.78 is 12.9. The Hall–Kier alpha value is -3.13. The highest BCUT2D eigenvalue weighted by Crippen LogP contribution is 2.42. The molecule has 2 aliphatic heterocycles. The molecular weight excluding hydrogens is 382 g/mol. The van der Waals surface area contributed by atoms with Crippen LogP contribution in [-0.4, -0.2) is 39.1 Å². The molecule has 0 radical (unpaired) electrons. The molecular formula is C19H16ClN5O3. The van der Waals surface area contributed by atoms with E-state index in [0.29, 0.717) is 42.2 Å². The number of nitrogens with one attached hydrogen (secondary N) is 1. The van der Waals surface area contributed by atoms with Gasteiger partial charge in [0, 0.05) is 17.9 Å². The lowest BCUT2D eigenvalue weighted by molar-refractivity contribution is -0.116. The molecule has 0 unspecified atom stereocenters. The van der Waals surface area contributed by atoms with Crippen LogP contribution in [0.3, 0.4) is 0 Å². The minimum Gasteiger partial charge on any atom is -0.486 e. The Kier molecular flexibility index (Phi) is 3.94. The highest BCUT2D eigenvalue weighted by molar-refractivity contribution is 6.29. The molecule has 1 atom stereocenters. The van der Waals surface area contributed by atoms with Gasteiger partial charge in [-0.3, -0.25) is 4.79 Å². The first-order valence-corrected chi connectivity index (χ1v) is 9.26. The van der Waals surface area contributed by atoms with E-state index >= 15 is 0 Å². The minimum absolute atomic E-state index is 0.0875. The predicted molar refractivity (Wildman–Crippen MR) is 101 cm³/mol. The number of ether oxygens (including phenoxy) is 2. The number of amides is 1. The van der Waals surface area contributed by atoms with Crippen LogP contribution in [0.1, 0.15) is 29.2 Å². The fourth-order valence-electron chi connectivity index (χ4n) is 3.70. The second-order valence-corrected chi connectivity index (χ2v) is 7.07. The van der Waals surface area contributed by atoms with Crippen LogP contribution in [-0.2, 0) is 4.79 Å². The number of benzene rings is 1. The van der Waals surface area contributed by atoms with Crippen molar-refractivity contribution in [3.05, 3.63) is 52.3 Å². The maximum atomic E-state index is 12.5. The van der Waals surface area contributed by atoms with Gasteiger partial charge in [0.25, 0.3) is 0 Å². The SMILES string of the molecule is Cc1nn(-c2ccc(Cl)nn2)c2c1[C@H](c1ccc3c(c1)OCCO3)CC(=O)N2. The van der Waals surface area contributed by atoms with E-state index in [1.54, 1.807) is 16.8 Å². The number of hydrogen-bond donors (Lipinski definition) is 1. The molecule has 3 aromatic rings. The molecule has 142 valence electrons. The van der Waals surface area contributed by atoms with Crippen molar-refractivity contribution in [2.75, 3.05) is 18.5 Å². The van der Waals surface area contributed by atoms with Crippen molar-refractivity contribution in [2.24, 2.45) is 0 Å². The lowest BCUT2D eigenvalue weighted by Gasteiger charge is -2.26. The first kappa shape index (κ1) is 17.0. The Morgan fingerprint density at radius 1 is 1.14 bits per heavy atom. The van der Waals surface area contributed by atoms with Crippen molar-refractivity contribution in [1.82, 2.24) is 20.0 Å².